The molecule has 0 saturated carbocycles. The van der Waals surface area contributed by atoms with Crippen LogP contribution < -0.4 is 20.1 Å². The SMILES string of the molecule is CCOc1ccc(S(=O)(=O)NCCC(=O)NCC2=CCNCC2)cc1. The second kappa shape index (κ2) is 9.55. The van der Waals surface area contributed by atoms with Crippen LogP contribution in [0.3, 0.4) is 0 Å². The van der Waals surface area contributed by atoms with E-state index in [0.717, 1.165) is 19.5 Å². The number of rotatable bonds is 9. The summed E-state index contributed by atoms with van der Waals surface area (Å²) in [6.45, 7) is 4.70. The molecular formula is C17H25N3O4S. The minimum absolute atomic E-state index is 0.0575. The van der Waals surface area contributed by atoms with Crippen molar-refractivity contribution >= 4 is 15.9 Å². The molecule has 1 amide bonds. The first-order valence-corrected chi connectivity index (χ1v) is 9.87. The van der Waals surface area contributed by atoms with Crippen LogP contribution in [0.5, 0.6) is 5.75 Å². The summed E-state index contributed by atoms with van der Waals surface area (Å²) >= 11 is 0. The number of hydrogen-bond donors (Lipinski definition) is 3. The molecule has 0 radical (unpaired) electrons. The Bertz CT molecular complexity index is 699. The summed E-state index contributed by atoms with van der Waals surface area (Å²) in [5.74, 6) is 0.446. The highest BCUT2D eigenvalue weighted by Gasteiger charge is 2.14. The Morgan fingerprint density at radius 3 is 2.68 bits per heavy atom. The van der Waals surface area contributed by atoms with Crippen molar-refractivity contribution in [3.63, 3.8) is 0 Å². The molecule has 0 aliphatic carbocycles. The summed E-state index contributed by atoms with van der Waals surface area (Å²) in [5.41, 5.74) is 1.20. The van der Waals surface area contributed by atoms with Gasteiger partial charge in [0.15, 0.2) is 0 Å². The van der Waals surface area contributed by atoms with Gasteiger partial charge in [-0.3, -0.25) is 4.79 Å². The Kier molecular flexibility index (Phi) is 7.42. The topological polar surface area (TPSA) is 96.5 Å². The lowest BCUT2D eigenvalue weighted by atomic mass is 10.1. The van der Waals surface area contributed by atoms with Gasteiger partial charge in [-0.2, -0.15) is 0 Å². The maximum Gasteiger partial charge on any atom is 0.240 e. The molecule has 0 atom stereocenters. The zero-order chi connectivity index (χ0) is 18.1. The summed E-state index contributed by atoms with van der Waals surface area (Å²) in [6, 6.07) is 6.18. The van der Waals surface area contributed by atoms with Gasteiger partial charge in [0.05, 0.1) is 11.5 Å². The van der Waals surface area contributed by atoms with Gasteiger partial charge in [0.25, 0.3) is 0 Å². The molecule has 25 heavy (non-hydrogen) atoms. The predicted octanol–water partition coefficient (Wildman–Crippen LogP) is 0.790. The molecule has 0 spiro atoms. The van der Waals surface area contributed by atoms with Gasteiger partial charge >= 0.3 is 0 Å². The molecule has 138 valence electrons. The van der Waals surface area contributed by atoms with E-state index >= 15 is 0 Å². The predicted molar refractivity (Wildman–Crippen MR) is 96.0 cm³/mol. The number of carbonyl (C=O) groups excluding carboxylic acids is 1. The molecule has 7 nitrogen and oxygen atoms in total. The molecule has 1 heterocycles. The zero-order valence-electron chi connectivity index (χ0n) is 14.4. The third-order valence-corrected chi connectivity index (χ3v) is 5.24. The molecular weight excluding hydrogens is 342 g/mol. The number of sulfonamides is 1. The smallest absolute Gasteiger partial charge is 0.240 e. The largest absolute Gasteiger partial charge is 0.494 e. The first-order valence-electron chi connectivity index (χ1n) is 8.39. The molecule has 3 N–H and O–H groups in total. The average Bonchev–Trinajstić information content (AvgIpc) is 2.61. The molecule has 1 aliphatic heterocycles. The molecule has 1 aliphatic rings. The Morgan fingerprint density at radius 2 is 2.04 bits per heavy atom. The number of amides is 1. The molecule has 0 unspecified atom stereocenters. The van der Waals surface area contributed by atoms with Crippen LogP contribution in [-0.2, 0) is 14.8 Å². The lowest BCUT2D eigenvalue weighted by molar-refractivity contribution is -0.120. The van der Waals surface area contributed by atoms with Crippen LogP contribution >= 0.6 is 0 Å². The molecule has 0 bridgehead atoms. The maximum atomic E-state index is 12.2. The summed E-state index contributed by atoms with van der Waals surface area (Å²) in [7, 11) is -3.63. The van der Waals surface area contributed by atoms with E-state index in [1.165, 1.54) is 17.7 Å². The quantitative estimate of drug-likeness (QED) is 0.561. The lowest BCUT2D eigenvalue weighted by Crippen LogP contribution is -2.33. The lowest BCUT2D eigenvalue weighted by Gasteiger charge is -2.14. The van der Waals surface area contributed by atoms with Gasteiger partial charge < -0.3 is 15.4 Å². The van der Waals surface area contributed by atoms with E-state index in [1.807, 2.05) is 6.92 Å². The fraction of sp³-hybridized carbons (Fsp3) is 0.471. The summed E-state index contributed by atoms with van der Waals surface area (Å²) < 4.78 is 32.1. The minimum Gasteiger partial charge on any atom is -0.494 e. The van der Waals surface area contributed by atoms with Gasteiger partial charge in [0.2, 0.25) is 15.9 Å². The first kappa shape index (κ1) is 19.4. The van der Waals surface area contributed by atoms with E-state index < -0.39 is 10.0 Å². The third kappa shape index (κ3) is 6.49. The number of benzene rings is 1. The number of carbonyl (C=O) groups is 1. The van der Waals surface area contributed by atoms with E-state index in [4.69, 9.17) is 4.74 Å². The normalized spacial score (nSPS) is 14.7. The summed E-state index contributed by atoms with van der Waals surface area (Å²) in [6.07, 6.45) is 3.09. The van der Waals surface area contributed by atoms with E-state index in [9.17, 15) is 13.2 Å². The summed E-state index contributed by atoms with van der Waals surface area (Å²) in [5, 5.41) is 6.02. The monoisotopic (exact) mass is 367 g/mol. The molecule has 8 heteroatoms. The van der Waals surface area contributed by atoms with Crippen LogP contribution in [0, 0.1) is 0 Å². The number of hydrogen-bond acceptors (Lipinski definition) is 5. The molecule has 1 aromatic carbocycles. The van der Waals surface area contributed by atoms with Crippen LogP contribution in [0.4, 0.5) is 0 Å². The standard InChI is InChI=1S/C17H25N3O4S/c1-2-24-15-3-5-16(6-4-15)25(22,23)20-12-9-17(21)19-13-14-7-10-18-11-8-14/h3-7,18,20H,2,8-13H2,1H3,(H,19,21). The highest BCUT2D eigenvalue weighted by molar-refractivity contribution is 7.89. The summed E-state index contributed by atoms with van der Waals surface area (Å²) in [4.78, 5) is 12.0. The van der Waals surface area contributed by atoms with Gasteiger partial charge in [0.1, 0.15) is 5.75 Å². The Balaban J connectivity index is 1.75. The van der Waals surface area contributed by atoms with Crippen LogP contribution in [0.15, 0.2) is 40.8 Å². The maximum absolute atomic E-state index is 12.2. The molecule has 0 fully saturated rings. The highest BCUT2D eigenvalue weighted by atomic mass is 32.2. The first-order chi connectivity index (χ1) is 12.0. The average molecular weight is 367 g/mol. The fourth-order valence-electron chi connectivity index (χ4n) is 2.39. The second-order valence-corrected chi connectivity index (χ2v) is 7.41. The van der Waals surface area contributed by atoms with Crippen LogP contribution in [0.2, 0.25) is 0 Å². The molecule has 1 aromatic rings. The molecule has 2 rings (SSSR count). The van der Waals surface area contributed by atoms with Crippen LogP contribution in [-0.4, -0.2) is 47.1 Å². The van der Waals surface area contributed by atoms with Crippen molar-refractivity contribution in [2.24, 2.45) is 0 Å². The van der Waals surface area contributed by atoms with Gasteiger partial charge in [-0.1, -0.05) is 11.6 Å². The van der Waals surface area contributed by atoms with Gasteiger partial charge in [0, 0.05) is 26.1 Å². The Morgan fingerprint density at radius 1 is 1.28 bits per heavy atom. The van der Waals surface area contributed by atoms with E-state index in [0.29, 0.717) is 18.9 Å². The van der Waals surface area contributed by atoms with Crippen molar-refractivity contribution in [2.75, 3.05) is 32.8 Å². The number of nitrogens with one attached hydrogen (secondary N) is 3. The van der Waals surface area contributed by atoms with Crippen molar-refractivity contribution in [1.29, 1.82) is 0 Å². The number of ether oxygens (including phenoxy) is 1. The Hall–Kier alpha value is -1.90. The van der Waals surface area contributed by atoms with Crippen LogP contribution in [0.1, 0.15) is 19.8 Å². The second-order valence-electron chi connectivity index (χ2n) is 5.65. The van der Waals surface area contributed by atoms with Gasteiger partial charge in [-0.15, -0.1) is 0 Å². The van der Waals surface area contributed by atoms with Crippen molar-refractivity contribution in [2.45, 2.75) is 24.7 Å². The third-order valence-electron chi connectivity index (χ3n) is 3.76. The highest BCUT2D eigenvalue weighted by Crippen LogP contribution is 2.15. The van der Waals surface area contributed by atoms with Crippen molar-refractivity contribution in [1.82, 2.24) is 15.4 Å². The van der Waals surface area contributed by atoms with Gasteiger partial charge in [-0.25, -0.2) is 13.1 Å². The zero-order valence-corrected chi connectivity index (χ0v) is 15.2. The van der Waals surface area contributed by atoms with Crippen molar-refractivity contribution in [3.05, 3.63) is 35.9 Å². The fourth-order valence-corrected chi connectivity index (χ4v) is 3.43. The van der Waals surface area contributed by atoms with Crippen LogP contribution in [0.25, 0.3) is 0 Å². The Labute approximate surface area is 148 Å². The van der Waals surface area contributed by atoms with Crippen molar-refractivity contribution < 1.29 is 17.9 Å². The van der Waals surface area contributed by atoms with Crippen molar-refractivity contribution in [3.8, 4) is 5.75 Å². The molecule has 0 aromatic heterocycles. The molecule has 0 saturated heterocycles. The minimum atomic E-state index is -3.63. The van der Waals surface area contributed by atoms with E-state index in [-0.39, 0.29) is 23.8 Å². The van der Waals surface area contributed by atoms with Gasteiger partial charge in [-0.05, 0) is 44.2 Å². The van der Waals surface area contributed by atoms with E-state index in [2.05, 4.69) is 21.4 Å². The van der Waals surface area contributed by atoms with E-state index in [1.54, 1.807) is 12.1 Å².